The fraction of sp³-hybridized carbons (Fsp3) is 0.367. The molecule has 0 amide bonds. The van der Waals surface area contributed by atoms with Crippen LogP contribution in [-0.4, -0.2) is 34.3 Å². The molecule has 1 N–H and O–H groups in total. The second-order valence-electron chi connectivity index (χ2n) is 10.1. The highest BCUT2D eigenvalue weighted by Gasteiger charge is 2.37. The third-order valence-electron chi connectivity index (χ3n) is 7.46. The van der Waals surface area contributed by atoms with E-state index < -0.39 is 5.60 Å². The van der Waals surface area contributed by atoms with Crippen LogP contribution in [0.5, 0.6) is 5.75 Å². The summed E-state index contributed by atoms with van der Waals surface area (Å²) >= 11 is 0. The monoisotopic (exact) mass is 486 g/mol. The number of aliphatic hydroxyl groups is 1. The Labute approximate surface area is 211 Å². The molecule has 1 fully saturated rings. The number of carbonyl (C=O) groups is 1. The largest absolute Gasteiger partial charge is 0.496 e. The summed E-state index contributed by atoms with van der Waals surface area (Å²) in [5, 5.41) is 11.4. The number of aromatic nitrogens is 1. The molecule has 5 rings (SSSR count). The number of aliphatic imine (C=N–C) groups is 1. The normalized spacial score (nSPS) is 21.1. The van der Waals surface area contributed by atoms with Gasteiger partial charge in [0.15, 0.2) is 5.78 Å². The highest BCUT2D eigenvalue weighted by atomic mass is 19.1. The maximum absolute atomic E-state index is 14.5. The molecule has 5 nitrogen and oxygen atoms in total. The summed E-state index contributed by atoms with van der Waals surface area (Å²) in [7, 11) is 1.51. The van der Waals surface area contributed by atoms with Gasteiger partial charge in [-0.2, -0.15) is 0 Å². The van der Waals surface area contributed by atoms with Gasteiger partial charge in [-0.1, -0.05) is 24.6 Å². The number of Topliss-reactive ketones (excluding diaryl/α,β-unsaturated/α-hetero) is 1. The van der Waals surface area contributed by atoms with Crippen molar-refractivity contribution in [2.24, 2.45) is 10.9 Å². The van der Waals surface area contributed by atoms with Crippen LogP contribution in [0.25, 0.3) is 0 Å². The first kappa shape index (κ1) is 24.3. The minimum Gasteiger partial charge on any atom is -0.496 e. The molecule has 186 valence electrons. The maximum Gasteiger partial charge on any atom is 0.163 e. The fourth-order valence-electron chi connectivity index (χ4n) is 5.70. The quantitative estimate of drug-likeness (QED) is 0.440. The second kappa shape index (κ2) is 9.94. The Morgan fingerprint density at radius 2 is 2.08 bits per heavy atom. The number of benzene rings is 2. The lowest BCUT2D eigenvalue weighted by molar-refractivity contribution is -0.0168. The van der Waals surface area contributed by atoms with E-state index in [2.05, 4.69) is 4.98 Å². The SMILES string of the molecule is COc1cccc(F)c1C[C@@]1(O)CCC[C@@H](CC(=O)c2ccc3c(c2)C(c2ccnc(C)c2)=NC3)C1. The van der Waals surface area contributed by atoms with Gasteiger partial charge in [0.2, 0.25) is 0 Å². The van der Waals surface area contributed by atoms with Crippen molar-refractivity contribution in [2.45, 2.75) is 57.6 Å². The first-order valence-electron chi connectivity index (χ1n) is 12.5. The van der Waals surface area contributed by atoms with Crippen molar-refractivity contribution in [1.29, 1.82) is 0 Å². The molecule has 0 radical (unpaired) electrons. The third kappa shape index (κ3) is 4.96. The van der Waals surface area contributed by atoms with Gasteiger partial charge in [-0.25, -0.2) is 4.39 Å². The second-order valence-corrected chi connectivity index (χ2v) is 10.1. The van der Waals surface area contributed by atoms with E-state index >= 15 is 0 Å². The summed E-state index contributed by atoms with van der Waals surface area (Å²) in [5.74, 6) is 0.175. The van der Waals surface area contributed by atoms with Crippen molar-refractivity contribution < 1.29 is 19.0 Å². The van der Waals surface area contributed by atoms with E-state index in [9.17, 15) is 14.3 Å². The minimum absolute atomic E-state index is 0.0401. The highest BCUT2D eigenvalue weighted by molar-refractivity contribution is 6.16. The number of aryl methyl sites for hydroxylation is 1. The van der Waals surface area contributed by atoms with Gasteiger partial charge in [0.05, 0.1) is 25.0 Å². The lowest BCUT2D eigenvalue weighted by Gasteiger charge is -2.37. The minimum atomic E-state index is -1.06. The van der Waals surface area contributed by atoms with Crippen LogP contribution in [-0.2, 0) is 13.0 Å². The van der Waals surface area contributed by atoms with Crippen molar-refractivity contribution in [2.75, 3.05) is 7.11 Å². The van der Waals surface area contributed by atoms with Crippen LogP contribution in [0.3, 0.4) is 0 Å². The molecule has 2 heterocycles. The molecule has 1 saturated carbocycles. The predicted molar refractivity (Wildman–Crippen MR) is 137 cm³/mol. The molecule has 1 aromatic heterocycles. The summed E-state index contributed by atoms with van der Waals surface area (Å²) in [4.78, 5) is 22.3. The summed E-state index contributed by atoms with van der Waals surface area (Å²) in [5.41, 5.74) is 4.94. The fourth-order valence-corrected chi connectivity index (χ4v) is 5.70. The summed E-state index contributed by atoms with van der Waals surface area (Å²) in [6.45, 7) is 2.56. The van der Waals surface area contributed by atoms with Crippen LogP contribution in [0, 0.1) is 18.7 Å². The van der Waals surface area contributed by atoms with Gasteiger partial charge in [0.25, 0.3) is 0 Å². The summed E-state index contributed by atoms with van der Waals surface area (Å²) in [6, 6.07) is 14.5. The first-order valence-corrected chi connectivity index (χ1v) is 12.5. The van der Waals surface area contributed by atoms with E-state index in [1.54, 1.807) is 18.3 Å². The average molecular weight is 487 g/mol. The highest BCUT2D eigenvalue weighted by Crippen LogP contribution is 2.39. The molecule has 2 aromatic carbocycles. The molecule has 2 aliphatic rings. The number of nitrogens with zero attached hydrogens (tertiary/aromatic N) is 2. The standard InChI is InChI=1S/C30H31FN2O3/c1-19-13-22(10-12-32-19)29-24-15-21(8-9-23(24)18-33-29)27(34)14-20-5-4-11-30(35,16-20)17-25-26(31)6-3-7-28(25)36-2/h3,6-10,12-13,15,20,35H,4-5,11,14,16-18H2,1-2H3/t20-,30+/m0/s1. The van der Waals surface area contributed by atoms with Gasteiger partial charge in [-0.05, 0) is 68.0 Å². The van der Waals surface area contributed by atoms with Crippen LogP contribution >= 0.6 is 0 Å². The number of hydrogen-bond acceptors (Lipinski definition) is 5. The molecule has 36 heavy (non-hydrogen) atoms. The molecule has 1 aliphatic carbocycles. The topological polar surface area (TPSA) is 71.8 Å². The van der Waals surface area contributed by atoms with Crippen molar-refractivity contribution in [1.82, 2.24) is 4.98 Å². The zero-order valence-electron chi connectivity index (χ0n) is 20.8. The molecule has 6 heteroatoms. The van der Waals surface area contributed by atoms with Gasteiger partial charge in [-0.15, -0.1) is 0 Å². The Balaban J connectivity index is 1.30. The zero-order chi connectivity index (χ0) is 25.3. The van der Waals surface area contributed by atoms with Gasteiger partial charge in [0.1, 0.15) is 11.6 Å². The van der Waals surface area contributed by atoms with E-state index in [0.29, 0.717) is 42.7 Å². The van der Waals surface area contributed by atoms with E-state index in [-0.39, 0.29) is 23.9 Å². The average Bonchev–Trinajstić information content (AvgIpc) is 3.28. The van der Waals surface area contributed by atoms with Gasteiger partial charge < -0.3 is 9.84 Å². The molecule has 1 aliphatic heterocycles. The van der Waals surface area contributed by atoms with E-state index in [1.807, 2.05) is 37.3 Å². The van der Waals surface area contributed by atoms with Crippen molar-refractivity contribution in [3.8, 4) is 5.75 Å². The molecule has 3 aromatic rings. The lowest BCUT2D eigenvalue weighted by Crippen LogP contribution is -2.38. The lowest BCUT2D eigenvalue weighted by atomic mass is 9.73. The van der Waals surface area contributed by atoms with Gasteiger partial charge >= 0.3 is 0 Å². The van der Waals surface area contributed by atoms with Crippen LogP contribution in [0.15, 0.2) is 59.7 Å². The number of halogens is 1. The number of ether oxygens (including phenoxy) is 1. The van der Waals surface area contributed by atoms with E-state index in [1.165, 1.54) is 13.2 Å². The van der Waals surface area contributed by atoms with Crippen LogP contribution in [0.4, 0.5) is 4.39 Å². The van der Waals surface area contributed by atoms with Crippen LogP contribution in [0.2, 0.25) is 0 Å². The summed E-state index contributed by atoms with van der Waals surface area (Å²) < 4.78 is 19.8. The molecule has 0 unspecified atom stereocenters. The van der Waals surface area contributed by atoms with Crippen LogP contribution < -0.4 is 4.74 Å². The number of pyridine rings is 1. The molecular formula is C30H31FN2O3. The van der Waals surface area contributed by atoms with Crippen LogP contribution in [0.1, 0.15) is 70.4 Å². The van der Waals surface area contributed by atoms with Gasteiger partial charge in [0, 0.05) is 47.0 Å². The molecular weight excluding hydrogens is 455 g/mol. The third-order valence-corrected chi connectivity index (χ3v) is 7.46. The Morgan fingerprint density at radius 1 is 1.22 bits per heavy atom. The number of methoxy groups -OCH3 is 1. The van der Waals surface area contributed by atoms with Crippen molar-refractivity contribution in [3.63, 3.8) is 0 Å². The smallest absolute Gasteiger partial charge is 0.163 e. The maximum atomic E-state index is 14.5. The number of ketones is 1. The molecule has 2 atom stereocenters. The molecule has 0 saturated heterocycles. The predicted octanol–water partition coefficient (Wildman–Crippen LogP) is 5.63. The molecule has 0 bridgehead atoms. The first-order chi connectivity index (χ1) is 17.3. The number of hydrogen-bond donors (Lipinski definition) is 1. The van der Waals surface area contributed by atoms with E-state index in [0.717, 1.165) is 40.9 Å². The summed E-state index contributed by atoms with van der Waals surface area (Å²) in [6.07, 6.45) is 5.03. The number of fused-ring (bicyclic) bond motifs is 1. The van der Waals surface area contributed by atoms with E-state index in [4.69, 9.17) is 9.73 Å². The van der Waals surface area contributed by atoms with Crippen molar-refractivity contribution in [3.05, 3.63) is 94.1 Å². The molecule has 0 spiro atoms. The zero-order valence-corrected chi connectivity index (χ0v) is 20.8. The Morgan fingerprint density at radius 3 is 2.89 bits per heavy atom. The number of carbonyl (C=O) groups excluding carboxylic acids is 1. The van der Waals surface area contributed by atoms with Gasteiger partial charge in [-0.3, -0.25) is 14.8 Å². The number of rotatable bonds is 7. The Bertz CT molecular complexity index is 1340. The Kier molecular flexibility index (Phi) is 6.71. The Hall–Kier alpha value is -3.38. The van der Waals surface area contributed by atoms with Crippen molar-refractivity contribution >= 4 is 11.5 Å².